The molecule has 6 nitrogen and oxygen atoms in total. The van der Waals surface area contributed by atoms with Gasteiger partial charge in [0.2, 0.25) is 5.28 Å². The Morgan fingerprint density at radius 1 is 1.20 bits per heavy atom. The molecular weight excluding hydrogens is 350 g/mol. The third kappa shape index (κ3) is 3.71. The predicted octanol–water partition coefficient (Wildman–Crippen LogP) is 3.49. The number of hydrogen-bond acceptors (Lipinski definition) is 6. The minimum atomic E-state index is 0.00286. The first-order valence-corrected chi connectivity index (χ1v) is 6.85. The highest BCUT2D eigenvalue weighted by molar-refractivity contribution is 9.10. The predicted molar refractivity (Wildman–Crippen MR) is 76.8 cm³/mol. The zero-order valence-corrected chi connectivity index (χ0v) is 13.1. The summed E-state index contributed by atoms with van der Waals surface area (Å²) in [6, 6.07) is 5.42. The molecule has 0 bridgehead atoms. The molecule has 0 amide bonds. The second-order valence-electron chi connectivity index (χ2n) is 3.50. The van der Waals surface area contributed by atoms with E-state index in [1.54, 1.807) is 25.3 Å². The zero-order valence-electron chi connectivity index (χ0n) is 10.8. The van der Waals surface area contributed by atoms with Crippen molar-refractivity contribution in [2.75, 3.05) is 13.7 Å². The van der Waals surface area contributed by atoms with Gasteiger partial charge in [-0.25, -0.2) is 0 Å². The van der Waals surface area contributed by atoms with Gasteiger partial charge in [-0.05, 0) is 52.7 Å². The van der Waals surface area contributed by atoms with Crippen molar-refractivity contribution in [2.45, 2.75) is 6.92 Å². The van der Waals surface area contributed by atoms with E-state index in [1.165, 1.54) is 0 Å². The van der Waals surface area contributed by atoms with Crippen molar-refractivity contribution in [2.24, 2.45) is 0 Å². The first-order chi connectivity index (χ1) is 9.62. The molecule has 8 heteroatoms. The van der Waals surface area contributed by atoms with Crippen LogP contribution in [0.4, 0.5) is 0 Å². The summed E-state index contributed by atoms with van der Waals surface area (Å²) < 4.78 is 16.5. The maximum absolute atomic E-state index is 5.79. The van der Waals surface area contributed by atoms with E-state index in [9.17, 15) is 0 Å². The van der Waals surface area contributed by atoms with E-state index in [0.29, 0.717) is 22.6 Å². The lowest BCUT2D eigenvalue weighted by molar-refractivity contribution is 0.303. The van der Waals surface area contributed by atoms with Crippen LogP contribution in [0.2, 0.25) is 5.28 Å². The van der Waals surface area contributed by atoms with Crippen LogP contribution < -0.4 is 14.2 Å². The monoisotopic (exact) mass is 359 g/mol. The fourth-order valence-electron chi connectivity index (χ4n) is 1.34. The molecular formula is C12H11BrClN3O3. The van der Waals surface area contributed by atoms with Crippen molar-refractivity contribution in [1.82, 2.24) is 15.0 Å². The Morgan fingerprint density at radius 2 is 1.95 bits per heavy atom. The van der Waals surface area contributed by atoms with Gasteiger partial charge in [0.05, 0.1) is 18.2 Å². The van der Waals surface area contributed by atoms with Crippen LogP contribution in [0.1, 0.15) is 6.92 Å². The molecule has 0 aliphatic heterocycles. The largest absolute Gasteiger partial charge is 0.497 e. The highest BCUT2D eigenvalue weighted by Gasteiger charge is 2.10. The first kappa shape index (κ1) is 14.8. The van der Waals surface area contributed by atoms with Gasteiger partial charge >= 0.3 is 12.0 Å². The minimum Gasteiger partial charge on any atom is -0.497 e. The molecule has 0 spiro atoms. The van der Waals surface area contributed by atoms with Crippen LogP contribution in [0.15, 0.2) is 22.7 Å². The second-order valence-corrected chi connectivity index (χ2v) is 4.69. The van der Waals surface area contributed by atoms with Gasteiger partial charge in [0.25, 0.3) is 0 Å². The summed E-state index contributed by atoms with van der Waals surface area (Å²) in [5.74, 6) is 1.23. The zero-order chi connectivity index (χ0) is 14.5. The summed E-state index contributed by atoms with van der Waals surface area (Å²) in [6.45, 7) is 2.24. The first-order valence-electron chi connectivity index (χ1n) is 5.68. The Labute approximate surface area is 129 Å². The number of ether oxygens (including phenoxy) is 3. The highest BCUT2D eigenvalue weighted by Crippen LogP contribution is 2.32. The van der Waals surface area contributed by atoms with Crippen LogP contribution in [0, 0.1) is 0 Å². The Hall–Kier alpha value is -1.60. The average Bonchev–Trinajstić information content (AvgIpc) is 2.41. The number of aromatic nitrogens is 3. The SMILES string of the molecule is CCOc1nc(Cl)nc(Oc2ccc(OC)cc2Br)n1. The molecule has 0 saturated carbocycles. The van der Waals surface area contributed by atoms with Gasteiger partial charge in [0.15, 0.2) is 0 Å². The molecule has 0 aliphatic carbocycles. The number of nitrogens with zero attached hydrogens (tertiary/aromatic N) is 3. The number of rotatable bonds is 5. The van der Waals surface area contributed by atoms with Gasteiger partial charge in [0.1, 0.15) is 11.5 Å². The van der Waals surface area contributed by atoms with E-state index in [2.05, 4.69) is 30.9 Å². The van der Waals surface area contributed by atoms with E-state index >= 15 is 0 Å². The Morgan fingerprint density at radius 3 is 2.60 bits per heavy atom. The molecule has 0 saturated heterocycles. The fourth-order valence-corrected chi connectivity index (χ4v) is 1.93. The van der Waals surface area contributed by atoms with Gasteiger partial charge < -0.3 is 14.2 Å². The van der Waals surface area contributed by atoms with Gasteiger partial charge in [0, 0.05) is 0 Å². The molecule has 2 rings (SSSR count). The summed E-state index contributed by atoms with van der Waals surface area (Å²) in [4.78, 5) is 11.7. The van der Waals surface area contributed by atoms with E-state index in [4.69, 9.17) is 25.8 Å². The van der Waals surface area contributed by atoms with E-state index in [1.807, 2.05) is 6.92 Å². The number of benzene rings is 1. The lowest BCUT2D eigenvalue weighted by Gasteiger charge is -2.08. The summed E-state index contributed by atoms with van der Waals surface area (Å²) in [7, 11) is 1.59. The Kier molecular flexibility index (Phi) is 4.97. The summed E-state index contributed by atoms with van der Waals surface area (Å²) >= 11 is 9.16. The highest BCUT2D eigenvalue weighted by atomic mass is 79.9. The third-order valence-electron chi connectivity index (χ3n) is 2.18. The molecule has 1 heterocycles. The third-order valence-corrected chi connectivity index (χ3v) is 2.97. The van der Waals surface area contributed by atoms with Crippen LogP contribution in [-0.2, 0) is 0 Å². The van der Waals surface area contributed by atoms with Crippen LogP contribution in [0.5, 0.6) is 23.5 Å². The van der Waals surface area contributed by atoms with Crippen LogP contribution in [0.25, 0.3) is 0 Å². The van der Waals surface area contributed by atoms with Gasteiger partial charge in [-0.1, -0.05) is 0 Å². The molecule has 1 aromatic carbocycles. The van der Waals surface area contributed by atoms with Crippen molar-refractivity contribution >= 4 is 27.5 Å². The van der Waals surface area contributed by atoms with E-state index < -0.39 is 0 Å². The summed E-state index contributed by atoms with van der Waals surface area (Å²) in [5.41, 5.74) is 0. The smallest absolute Gasteiger partial charge is 0.329 e. The standard InChI is InChI=1S/C12H11BrClN3O3/c1-3-19-11-15-10(14)16-12(17-11)20-9-5-4-7(18-2)6-8(9)13/h4-6H,3H2,1-2H3. The average molecular weight is 361 g/mol. The van der Waals surface area contributed by atoms with Crippen LogP contribution in [-0.4, -0.2) is 28.7 Å². The van der Waals surface area contributed by atoms with E-state index in [0.717, 1.165) is 0 Å². The van der Waals surface area contributed by atoms with Crippen molar-refractivity contribution in [1.29, 1.82) is 0 Å². The number of hydrogen-bond donors (Lipinski definition) is 0. The van der Waals surface area contributed by atoms with Crippen LogP contribution >= 0.6 is 27.5 Å². The molecule has 0 radical (unpaired) electrons. The quantitative estimate of drug-likeness (QED) is 0.813. The van der Waals surface area contributed by atoms with Crippen LogP contribution in [0.3, 0.4) is 0 Å². The molecule has 0 fully saturated rings. The molecule has 0 atom stereocenters. The lowest BCUT2D eigenvalue weighted by atomic mass is 10.3. The maximum Gasteiger partial charge on any atom is 0.329 e. The lowest BCUT2D eigenvalue weighted by Crippen LogP contribution is -2.01. The second kappa shape index (κ2) is 6.71. The molecule has 2 aromatic rings. The Bertz CT molecular complexity index is 612. The van der Waals surface area contributed by atoms with Gasteiger partial charge in [-0.2, -0.15) is 9.97 Å². The molecule has 0 unspecified atom stereocenters. The minimum absolute atomic E-state index is 0.00286. The van der Waals surface area contributed by atoms with E-state index in [-0.39, 0.29) is 17.3 Å². The molecule has 1 aromatic heterocycles. The van der Waals surface area contributed by atoms with Gasteiger partial charge in [-0.3, -0.25) is 0 Å². The molecule has 106 valence electrons. The normalized spacial score (nSPS) is 10.2. The van der Waals surface area contributed by atoms with Crippen molar-refractivity contribution < 1.29 is 14.2 Å². The van der Waals surface area contributed by atoms with Crippen molar-refractivity contribution in [3.63, 3.8) is 0 Å². The molecule has 0 N–H and O–H groups in total. The Balaban J connectivity index is 2.25. The van der Waals surface area contributed by atoms with Crippen molar-refractivity contribution in [3.8, 4) is 23.5 Å². The number of halogens is 2. The topological polar surface area (TPSA) is 66.4 Å². The summed E-state index contributed by atoms with van der Waals surface area (Å²) in [5, 5.41) is 0.00286. The molecule has 20 heavy (non-hydrogen) atoms. The van der Waals surface area contributed by atoms with Crippen molar-refractivity contribution in [3.05, 3.63) is 28.0 Å². The maximum atomic E-state index is 5.79. The van der Waals surface area contributed by atoms with Gasteiger partial charge in [-0.15, -0.1) is 4.98 Å². The molecule has 0 aliphatic rings. The number of methoxy groups -OCH3 is 1. The summed E-state index contributed by atoms with van der Waals surface area (Å²) in [6.07, 6.45) is 0. The fraction of sp³-hybridized carbons (Fsp3) is 0.250.